The summed E-state index contributed by atoms with van der Waals surface area (Å²) >= 11 is 5.70. The monoisotopic (exact) mass is 250 g/mol. The maximum absolute atomic E-state index is 13.6. The van der Waals surface area contributed by atoms with Crippen LogP contribution in [-0.4, -0.2) is 4.98 Å². The molecule has 2 nitrogen and oxygen atoms in total. The summed E-state index contributed by atoms with van der Waals surface area (Å²) in [5.74, 6) is -0.428. The summed E-state index contributed by atoms with van der Waals surface area (Å²) in [6.45, 7) is 2.45. The van der Waals surface area contributed by atoms with Gasteiger partial charge >= 0.3 is 0 Å². The van der Waals surface area contributed by atoms with Crippen LogP contribution >= 0.6 is 11.6 Å². The number of rotatable bonds is 3. The molecule has 0 saturated carbocycles. The van der Waals surface area contributed by atoms with Crippen molar-refractivity contribution < 1.29 is 4.39 Å². The first-order valence-electron chi connectivity index (χ1n) is 5.27. The Kier molecular flexibility index (Phi) is 3.59. The SMILES string of the molecule is Cc1cccnc1CNc1cccc(Cl)c1F. The molecule has 0 fully saturated rings. The fourth-order valence-corrected chi connectivity index (χ4v) is 1.70. The number of nitrogens with one attached hydrogen (secondary N) is 1. The number of anilines is 1. The van der Waals surface area contributed by atoms with Crippen molar-refractivity contribution in [2.24, 2.45) is 0 Å². The van der Waals surface area contributed by atoms with Gasteiger partial charge in [-0.25, -0.2) is 4.39 Å². The molecule has 0 unspecified atom stereocenters. The Morgan fingerprint density at radius 3 is 2.88 bits per heavy atom. The van der Waals surface area contributed by atoms with E-state index in [9.17, 15) is 4.39 Å². The number of benzene rings is 1. The zero-order chi connectivity index (χ0) is 12.3. The van der Waals surface area contributed by atoms with Gasteiger partial charge in [-0.3, -0.25) is 4.98 Å². The molecule has 0 aliphatic heterocycles. The first-order chi connectivity index (χ1) is 8.18. The van der Waals surface area contributed by atoms with Crippen LogP contribution < -0.4 is 5.32 Å². The van der Waals surface area contributed by atoms with E-state index in [1.54, 1.807) is 18.3 Å². The Morgan fingerprint density at radius 2 is 2.12 bits per heavy atom. The van der Waals surface area contributed by atoms with Crippen molar-refractivity contribution in [3.63, 3.8) is 0 Å². The van der Waals surface area contributed by atoms with E-state index in [0.717, 1.165) is 11.3 Å². The van der Waals surface area contributed by atoms with Gasteiger partial charge in [0.1, 0.15) is 0 Å². The second kappa shape index (κ2) is 5.15. The van der Waals surface area contributed by atoms with Crippen LogP contribution in [0.2, 0.25) is 5.02 Å². The molecule has 0 atom stereocenters. The Labute approximate surface area is 104 Å². The lowest BCUT2D eigenvalue weighted by Gasteiger charge is -2.09. The molecular formula is C13H12ClFN2. The Bertz CT molecular complexity index is 529. The summed E-state index contributed by atoms with van der Waals surface area (Å²) in [6, 6.07) is 8.73. The van der Waals surface area contributed by atoms with Gasteiger partial charge in [0.15, 0.2) is 5.82 Å². The standard InChI is InChI=1S/C13H12ClFN2/c1-9-4-3-7-16-12(9)8-17-11-6-2-5-10(14)13(11)15/h2-7,17H,8H2,1H3. The van der Waals surface area contributed by atoms with Crippen LogP contribution in [0.1, 0.15) is 11.3 Å². The Hall–Kier alpha value is -1.61. The summed E-state index contributed by atoms with van der Waals surface area (Å²) in [5.41, 5.74) is 2.36. The predicted octanol–water partition coefficient (Wildman–Crippen LogP) is 3.79. The molecule has 0 aliphatic carbocycles. The van der Waals surface area contributed by atoms with Gasteiger partial charge in [0.05, 0.1) is 22.9 Å². The highest BCUT2D eigenvalue weighted by Crippen LogP contribution is 2.22. The van der Waals surface area contributed by atoms with E-state index in [1.165, 1.54) is 6.07 Å². The van der Waals surface area contributed by atoms with Gasteiger partial charge in [0, 0.05) is 6.20 Å². The molecule has 2 rings (SSSR count). The maximum Gasteiger partial charge on any atom is 0.164 e. The largest absolute Gasteiger partial charge is 0.377 e. The molecule has 1 N–H and O–H groups in total. The van der Waals surface area contributed by atoms with Crippen molar-refractivity contribution in [3.05, 3.63) is 58.6 Å². The third-order valence-corrected chi connectivity index (χ3v) is 2.81. The highest BCUT2D eigenvalue weighted by molar-refractivity contribution is 6.31. The summed E-state index contributed by atoms with van der Waals surface area (Å²) in [4.78, 5) is 4.23. The van der Waals surface area contributed by atoms with Crippen molar-refractivity contribution in [1.82, 2.24) is 4.98 Å². The van der Waals surface area contributed by atoms with E-state index in [0.29, 0.717) is 12.2 Å². The van der Waals surface area contributed by atoms with E-state index in [1.807, 2.05) is 19.1 Å². The molecular weight excluding hydrogens is 239 g/mol. The number of halogens is 2. The van der Waals surface area contributed by atoms with Gasteiger partial charge in [0.25, 0.3) is 0 Å². The van der Waals surface area contributed by atoms with Gasteiger partial charge in [-0.05, 0) is 30.7 Å². The van der Waals surface area contributed by atoms with Crippen LogP contribution in [0.5, 0.6) is 0 Å². The minimum Gasteiger partial charge on any atom is -0.377 e. The van der Waals surface area contributed by atoms with E-state index >= 15 is 0 Å². The summed E-state index contributed by atoms with van der Waals surface area (Å²) < 4.78 is 13.6. The van der Waals surface area contributed by atoms with Crippen LogP contribution in [0.25, 0.3) is 0 Å². The van der Waals surface area contributed by atoms with Crippen LogP contribution in [0.4, 0.5) is 10.1 Å². The van der Waals surface area contributed by atoms with Crippen LogP contribution in [-0.2, 0) is 6.54 Å². The van der Waals surface area contributed by atoms with Crippen molar-refractivity contribution in [1.29, 1.82) is 0 Å². The lowest BCUT2D eigenvalue weighted by molar-refractivity contribution is 0.630. The topological polar surface area (TPSA) is 24.9 Å². The summed E-state index contributed by atoms with van der Waals surface area (Å²) in [6.07, 6.45) is 1.72. The molecule has 0 saturated heterocycles. The smallest absolute Gasteiger partial charge is 0.164 e. The van der Waals surface area contributed by atoms with E-state index in [2.05, 4.69) is 10.3 Å². The minimum atomic E-state index is -0.428. The van der Waals surface area contributed by atoms with Crippen molar-refractivity contribution in [2.45, 2.75) is 13.5 Å². The Balaban J connectivity index is 2.13. The van der Waals surface area contributed by atoms with E-state index < -0.39 is 5.82 Å². The number of aryl methyl sites for hydroxylation is 1. The average Bonchev–Trinajstić information content (AvgIpc) is 2.33. The summed E-state index contributed by atoms with van der Waals surface area (Å²) in [5, 5.41) is 3.11. The van der Waals surface area contributed by atoms with Crippen LogP contribution in [0.15, 0.2) is 36.5 Å². The molecule has 0 amide bonds. The van der Waals surface area contributed by atoms with Gasteiger partial charge in [0.2, 0.25) is 0 Å². The molecule has 2 aromatic rings. The lowest BCUT2D eigenvalue weighted by atomic mass is 10.2. The number of pyridine rings is 1. The highest BCUT2D eigenvalue weighted by Gasteiger charge is 2.06. The van der Waals surface area contributed by atoms with E-state index in [4.69, 9.17) is 11.6 Å². The van der Waals surface area contributed by atoms with Gasteiger partial charge in [-0.1, -0.05) is 23.7 Å². The fourth-order valence-electron chi connectivity index (χ4n) is 1.52. The number of aromatic nitrogens is 1. The molecule has 0 spiro atoms. The molecule has 88 valence electrons. The van der Waals surface area contributed by atoms with E-state index in [-0.39, 0.29) is 5.02 Å². The first kappa shape index (κ1) is 11.9. The number of hydrogen-bond acceptors (Lipinski definition) is 2. The first-order valence-corrected chi connectivity index (χ1v) is 5.64. The molecule has 0 aliphatic rings. The fraction of sp³-hybridized carbons (Fsp3) is 0.154. The molecule has 4 heteroatoms. The molecule has 17 heavy (non-hydrogen) atoms. The second-order valence-corrected chi connectivity index (χ2v) is 4.13. The van der Waals surface area contributed by atoms with Crippen LogP contribution in [0.3, 0.4) is 0 Å². The molecule has 0 radical (unpaired) electrons. The Morgan fingerprint density at radius 1 is 1.29 bits per heavy atom. The molecule has 1 aromatic heterocycles. The van der Waals surface area contributed by atoms with Gasteiger partial charge in [-0.15, -0.1) is 0 Å². The quantitative estimate of drug-likeness (QED) is 0.896. The average molecular weight is 251 g/mol. The highest BCUT2D eigenvalue weighted by atomic mass is 35.5. The molecule has 1 aromatic carbocycles. The van der Waals surface area contributed by atoms with Crippen molar-refractivity contribution in [2.75, 3.05) is 5.32 Å². The lowest BCUT2D eigenvalue weighted by Crippen LogP contribution is -2.04. The molecule has 1 heterocycles. The zero-order valence-electron chi connectivity index (χ0n) is 9.37. The third-order valence-electron chi connectivity index (χ3n) is 2.52. The van der Waals surface area contributed by atoms with Crippen LogP contribution in [0, 0.1) is 12.7 Å². The summed E-state index contributed by atoms with van der Waals surface area (Å²) in [7, 11) is 0. The second-order valence-electron chi connectivity index (χ2n) is 3.72. The van der Waals surface area contributed by atoms with Crippen molar-refractivity contribution in [3.8, 4) is 0 Å². The molecule has 0 bridgehead atoms. The van der Waals surface area contributed by atoms with Gasteiger partial charge in [-0.2, -0.15) is 0 Å². The normalized spacial score (nSPS) is 10.3. The predicted molar refractivity (Wildman–Crippen MR) is 67.7 cm³/mol. The maximum atomic E-state index is 13.6. The van der Waals surface area contributed by atoms with Crippen molar-refractivity contribution >= 4 is 17.3 Å². The number of hydrogen-bond donors (Lipinski definition) is 1. The number of nitrogens with zero attached hydrogens (tertiary/aromatic N) is 1. The third kappa shape index (κ3) is 2.74. The zero-order valence-corrected chi connectivity index (χ0v) is 10.1. The van der Waals surface area contributed by atoms with Gasteiger partial charge < -0.3 is 5.32 Å². The minimum absolute atomic E-state index is 0.118.